The van der Waals surface area contributed by atoms with Crippen LogP contribution >= 0.6 is 0 Å². The zero-order valence-electron chi connectivity index (χ0n) is 20.6. The van der Waals surface area contributed by atoms with E-state index in [0.717, 1.165) is 27.5 Å². The molecule has 1 aliphatic rings. The van der Waals surface area contributed by atoms with Crippen molar-refractivity contribution in [3.05, 3.63) is 53.9 Å². The molecule has 0 spiro atoms. The summed E-state index contributed by atoms with van der Waals surface area (Å²) in [6.45, 7) is 3.57. The number of carbonyl (C=O) groups is 2. The van der Waals surface area contributed by atoms with E-state index in [9.17, 15) is 18.0 Å². The molecule has 2 heterocycles. The van der Waals surface area contributed by atoms with Crippen LogP contribution in [0, 0.1) is 0 Å². The maximum atomic E-state index is 13.0. The van der Waals surface area contributed by atoms with E-state index in [1.54, 1.807) is 24.0 Å². The van der Waals surface area contributed by atoms with Crippen molar-refractivity contribution in [3.8, 4) is 0 Å². The highest BCUT2D eigenvalue weighted by molar-refractivity contribution is 7.89. The van der Waals surface area contributed by atoms with Gasteiger partial charge in [-0.05, 0) is 50.1 Å². The van der Waals surface area contributed by atoms with Gasteiger partial charge in [0.2, 0.25) is 10.0 Å². The van der Waals surface area contributed by atoms with Gasteiger partial charge in [-0.25, -0.2) is 17.7 Å². The molecule has 0 N–H and O–H groups in total. The lowest BCUT2D eigenvalue weighted by atomic mass is 10.1. The summed E-state index contributed by atoms with van der Waals surface area (Å²) < 4.78 is 33.3. The molecule has 2 atom stereocenters. The molecule has 2 aromatic carbocycles. The Morgan fingerprint density at radius 2 is 1.91 bits per heavy atom. The van der Waals surface area contributed by atoms with Gasteiger partial charge in [0.1, 0.15) is 5.82 Å². The van der Waals surface area contributed by atoms with Crippen molar-refractivity contribution in [1.82, 2.24) is 13.9 Å². The summed E-state index contributed by atoms with van der Waals surface area (Å²) >= 11 is 0. The first-order valence-corrected chi connectivity index (χ1v) is 12.9. The zero-order valence-corrected chi connectivity index (χ0v) is 21.4. The van der Waals surface area contributed by atoms with Crippen LogP contribution in [0.1, 0.15) is 31.7 Å². The number of carbonyl (C=O) groups excluding carboxylic acids is 2. The summed E-state index contributed by atoms with van der Waals surface area (Å²) in [5.41, 5.74) is 3.26. The molecular formula is C25H30N4O5S. The zero-order chi connectivity index (χ0) is 25.5. The number of rotatable bonds is 7. The number of fused-ring (bicyclic) bond motifs is 2. The van der Waals surface area contributed by atoms with Crippen molar-refractivity contribution >= 4 is 38.6 Å². The van der Waals surface area contributed by atoms with E-state index in [1.807, 2.05) is 42.8 Å². The van der Waals surface area contributed by atoms with E-state index in [4.69, 9.17) is 4.74 Å². The molecule has 35 heavy (non-hydrogen) atoms. The van der Waals surface area contributed by atoms with Crippen molar-refractivity contribution in [2.45, 2.75) is 50.2 Å². The Hall–Kier alpha value is -3.24. The maximum absolute atomic E-state index is 13.0. The average molecular weight is 499 g/mol. The molecule has 0 fully saturated rings. The Bertz CT molecular complexity index is 1400. The van der Waals surface area contributed by atoms with E-state index < -0.39 is 22.1 Å². The molecule has 10 heteroatoms. The lowest BCUT2D eigenvalue weighted by Crippen LogP contribution is -2.43. The van der Waals surface area contributed by atoms with Crippen LogP contribution in [-0.4, -0.2) is 60.4 Å². The number of aromatic nitrogens is 2. The quantitative estimate of drug-likeness (QED) is 0.464. The van der Waals surface area contributed by atoms with Gasteiger partial charge in [-0.15, -0.1) is 0 Å². The summed E-state index contributed by atoms with van der Waals surface area (Å²) in [5.74, 6) is -0.112. The predicted octanol–water partition coefficient (Wildman–Crippen LogP) is 2.67. The van der Waals surface area contributed by atoms with Gasteiger partial charge in [0.15, 0.2) is 6.10 Å². The third-order valence-electron chi connectivity index (χ3n) is 6.38. The fraction of sp³-hybridized carbons (Fsp3) is 0.400. The second-order valence-corrected chi connectivity index (χ2v) is 11.2. The number of hydrogen-bond acceptors (Lipinski definition) is 6. The second kappa shape index (κ2) is 9.43. The number of hydrogen-bond donors (Lipinski definition) is 0. The summed E-state index contributed by atoms with van der Waals surface area (Å²) in [5, 5.41) is 0. The van der Waals surface area contributed by atoms with Crippen LogP contribution in [0.3, 0.4) is 0 Å². The predicted molar refractivity (Wildman–Crippen MR) is 133 cm³/mol. The Kier molecular flexibility index (Phi) is 6.70. The average Bonchev–Trinajstić information content (AvgIpc) is 3.32. The third-order valence-corrected chi connectivity index (χ3v) is 8.19. The van der Waals surface area contributed by atoms with Crippen LogP contribution in [0.15, 0.2) is 47.4 Å². The molecule has 0 saturated carbocycles. The summed E-state index contributed by atoms with van der Waals surface area (Å²) in [6.07, 6.45) is 0.204. The maximum Gasteiger partial charge on any atom is 0.307 e. The lowest BCUT2D eigenvalue weighted by molar-refractivity contribution is -0.154. The van der Waals surface area contributed by atoms with E-state index in [-0.39, 0.29) is 23.3 Å². The fourth-order valence-electron chi connectivity index (χ4n) is 4.44. The molecular weight excluding hydrogens is 468 g/mol. The monoisotopic (exact) mass is 498 g/mol. The molecule has 4 rings (SSSR count). The van der Waals surface area contributed by atoms with E-state index in [2.05, 4.69) is 4.98 Å². The first kappa shape index (κ1) is 24.9. The minimum Gasteiger partial charge on any atom is -0.453 e. The highest BCUT2D eigenvalue weighted by Crippen LogP contribution is 2.32. The van der Waals surface area contributed by atoms with E-state index >= 15 is 0 Å². The second-order valence-electron chi connectivity index (χ2n) is 9.05. The van der Waals surface area contributed by atoms with Crippen molar-refractivity contribution in [3.63, 3.8) is 0 Å². The summed E-state index contributed by atoms with van der Waals surface area (Å²) in [7, 11) is 1.19. The number of anilines is 1. The van der Waals surface area contributed by atoms with Gasteiger partial charge in [0.25, 0.3) is 5.91 Å². The van der Waals surface area contributed by atoms with Crippen LogP contribution in [0.5, 0.6) is 0 Å². The molecule has 1 aliphatic heterocycles. The highest BCUT2D eigenvalue weighted by atomic mass is 32.2. The number of nitrogens with zero attached hydrogens (tertiary/aromatic N) is 4. The van der Waals surface area contributed by atoms with Crippen LogP contribution in [0.4, 0.5) is 5.69 Å². The van der Waals surface area contributed by atoms with E-state index in [1.165, 1.54) is 20.2 Å². The molecule has 186 valence electrons. The number of aryl methyl sites for hydroxylation is 2. The van der Waals surface area contributed by atoms with Crippen LogP contribution < -0.4 is 4.90 Å². The Labute approximate surface area is 205 Å². The number of ether oxygens (including phenoxy) is 1. The largest absolute Gasteiger partial charge is 0.453 e. The molecule has 1 amide bonds. The van der Waals surface area contributed by atoms with Gasteiger partial charge in [0.05, 0.1) is 22.3 Å². The van der Waals surface area contributed by atoms with Gasteiger partial charge in [-0.2, -0.15) is 0 Å². The van der Waals surface area contributed by atoms with Crippen molar-refractivity contribution in [2.75, 3.05) is 19.0 Å². The lowest BCUT2D eigenvalue weighted by Gasteiger charge is -2.25. The van der Waals surface area contributed by atoms with Gasteiger partial charge < -0.3 is 14.2 Å². The van der Waals surface area contributed by atoms with Crippen molar-refractivity contribution in [2.24, 2.45) is 7.05 Å². The first-order valence-electron chi connectivity index (χ1n) is 11.5. The molecule has 3 aromatic rings. The summed E-state index contributed by atoms with van der Waals surface area (Å²) in [6, 6.07) is 12.5. The van der Waals surface area contributed by atoms with Gasteiger partial charge in [-0.3, -0.25) is 9.59 Å². The van der Waals surface area contributed by atoms with Crippen LogP contribution in [0.2, 0.25) is 0 Å². The standard InChI is InChI=1S/C25H30N4O5S/c1-16-14-18-8-6-7-9-21(18)29(16)25(31)17(2)34-24(30)13-12-23-26-20-15-19(35(32,33)27(3)4)10-11-22(20)28(23)5/h6-11,15-17H,12-14H2,1-5H3/t16-,17-/m0/s1. The van der Waals surface area contributed by atoms with Crippen LogP contribution in [0.25, 0.3) is 11.0 Å². The molecule has 0 saturated heterocycles. The minimum absolute atomic E-state index is 0.00208. The Morgan fingerprint density at radius 1 is 1.20 bits per heavy atom. The number of esters is 1. The molecule has 1 aromatic heterocycles. The van der Waals surface area contributed by atoms with Gasteiger partial charge >= 0.3 is 5.97 Å². The highest BCUT2D eigenvalue weighted by Gasteiger charge is 2.34. The molecule has 0 bridgehead atoms. The first-order chi connectivity index (χ1) is 16.5. The SMILES string of the molecule is C[C@H](OC(=O)CCc1nc2cc(S(=O)(=O)N(C)C)ccc2n1C)C(=O)N1c2ccccc2C[C@@H]1C. The van der Waals surface area contributed by atoms with Crippen LogP contribution in [-0.2, 0) is 44.2 Å². The number of amides is 1. The number of sulfonamides is 1. The van der Waals surface area contributed by atoms with Crippen molar-refractivity contribution < 1.29 is 22.7 Å². The third kappa shape index (κ3) is 4.68. The smallest absolute Gasteiger partial charge is 0.307 e. The number of para-hydroxylation sites is 1. The fourth-order valence-corrected chi connectivity index (χ4v) is 5.36. The summed E-state index contributed by atoms with van der Waals surface area (Å²) in [4.78, 5) is 32.0. The topological polar surface area (TPSA) is 102 Å². The van der Waals surface area contributed by atoms with Crippen molar-refractivity contribution in [1.29, 1.82) is 0 Å². The normalized spacial score (nSPS) is 16.5. The Balaban J connectivity index is 1.41. The van der Waals surface area contributed by atoms with E-state index in [0.29, 0.717) is 17.8 Å². The number of benzene rings is 2. The molecule has 0 radical (unpaired) electrons. The minimum atomic E-state index is -3.58. The Morgan fingerprint density at radius 3 is 2.63 bits per heavy atom. The molecule has 0 unspecified atom stereocenters. The molecule has 0 aliphatic carbocycles. The van der Waals surface area contributed by atoms with Gasteiger partial charge in [0, 0.05) is 39.3 Å². The number of imidazole rings is 1. The molecule has 9 nitrogen and oxygen atoms in total. The van der Waals surface area contributed by atoms with Gasteiger partial charge in [-0.1, -0.05) is 18.2 Å².